The van der Waals surface area contributed by atoms with E-state index in [9.17, 15) is 4.79 Å². The number of carbonyl (C=O) groups excluding carboxylic acids is 1. The second-order valence-electron chi connectivity index (χ2n) is 5.04. The number of rotatable bonds is 7. The Hall–Kier alpha value is -2.07. The van der Waals surface area contributed by atoms with Crippen molar-refractivity contribution >= 4 is 29.0 Å². The minimum absolute atomic E-state index is 0.00309. The summed E-state index contributed by atoms with van der Waals surface area (Å²) in [4.78, 5) is 15.7. The second kappa shape index (κ2) is 8.39. The molecule has 1 aromatic carbocycles. The lowest BCUT2D eigenvalue weighted by Gasteiger charge is -2.08. The third kappa shape index (κ3) is 5.37. The summed E-state index contributed by atoms with van der Waals surface area (Å²) in [6.45, 7) is 2.77. The average Bonchev–Trinajstić information content (AvgIpc) is 2.49. The molecule has 0 bridgehead atoms. The van der Waals surface area contributed by atoms with Gasteiger partial charge in [-0.1, -0.05) is 30.7 Å². The molecule has 5 heteroatoms. The van der Waals surface area contributed by atoms with E-state index < -0.39 is 0 Å². The van der Waals surface area contributed by atoms with Crippen LogP contribution in [0.3, 0.4) is 0 Å². The topological polar surface area (TPSA) is 54.0 Å². The van der Waals surface area contributed by atoms with E-state index in [0.717, 1.165) is 30.1 Å². The Balaban J connectivity index is 1.80. The van der Waals surface area contributed by atoms with Crippen molar-refractivity contribution < 1.29 is 4.79 Å². The van der Waals surface area contributed by atoms with Gasteiger partial charge >= 0.3 is 0 Å². The summed E-state index contributed by atoms with van der Waals surface area (Å²) in [6.07, 6.45) is 3.95. The molecule has 0 fully saturated rings. The van der Waals surface area contributed by atoms with E-state index in [4.69, 9.17) is 11.6 Å². The van der Waals surface area contributed by atoms with Gasteiger partial charge in [0, 0.05) is 18.0 Å². The zero-order valence-corrected chi connectivity index (χ0v) is 13.4. The second-order valence-corrected chi connectivity index (χ2v) is 5.47. The number of halogens is 1. The minimum atomic E-state index is -0.00309. The van der Waals surface area contributed by atoms with Crippen LogP contribution in [0.1, 0.15) is 25.3 Å². The van der Waals surface area contributed by atoms with Gasteiger partial charge in [-0.15, -0.1) is 0 Å². The van der Waals surface area contributed by atoms with Crippen LogP contribution < -0.4 is 10.6 Å². The molecule has 0 aliphatic heterocycles. The zero-order chi connectivity index (χ0) is 15.8. The lowest BCUT2D eigenvalue weighted by atomic mass is 10.1. The molecule has 0 saturated heterocycles. The monoisotopic (exact) mass is 317 g/mol. The van der Waals surface area contributed by atoms with Crippen LogP contribution in [0.2, 0.25) is 5.02 Å². The highest BCUT2D eigenvalue weighted by molar-refractivity contribution is 6.30. The summed E-state index contributed by atoms with van der Waals surface area (Å²) in [5.74, 6) is 0.579. The first kappa shape index (κ1) is 16.3. The number of anilines is 2. The fraction of sp³-hybridized carbons (Fsp3) is 0.294. The molecule has 0 radical (unpaired) electrons. The predicted octanol–water partition coefficient (Wildman–Crippen LogP) is 4.13. The van der Waals surface area contributed by atoms with E-state index in [1.807, 2.05) is 31.2 Å². The number of hydrogen-bond donors (Lipinski definition) is 2. The van der Waals surface area contributed by atoms with Gasteiger partial charge in [0.1, 0.15) is 5.82 Å². The van der Waals surface area contributed by atoms with Crippen LogP contribution in [0, 0.1) is 0 Å². The van der Waals surface area contributed by atoms with Crippen LogP contribution in [0.15, 0.2) is 42.6 Å². The number of pyridine rings is 1. The molecule has 0 saturated carbocycles. The van der Waals surface area contributed by atoms with Crippen molar-refractivity contribution in [2.24, 2.45) is 0 Å². The fourth-order valence-electron chi connectivity index (χ4n) is 2.05. The van der Waals surface area contributed by atoms with E-state index in [-0.39, 0.29) is 5.91 Å². The van der Waals surface area contributed by atoms with E-state index in [1.165, 1.54) is 5.56 Å². The van der Waals surface area contributed by atoms with Crippen molar-refractivity contribution in [3.8, 4) is 0 Å². The first-order chi connectivity index (χ1) is 10.7. The van der Waals surface area contributed by atoms with Crippen molar-refractivity contribution in [2.45, 2.75) is 26.2 Å². The number of nitrogens with one attached hydrogen (secondary N) is 2. The maximum Gasteiger partial charge on any atom is 0.225 e. The molecule has 0 spiro atoms. The fourth-order valence-corrected chi connectivity index (χ4v) is 2.26. The number of aromatic nitrogens is 1. The lowest BCUT2D eigenvalue weighted by Crippen LogP contribution is -2.12. The molecule has 116 valence electrons. The normalized spacial score (nSPS) is 10.3. The van der Waals surface area contributed by atoms with Gasteiger partial charge in [0.25, 0.3) is 0 Å². The van der Waals surface area contributed by atoms with Gasteiger partial charge < -0.3 is 10.6 Å². The number of carbonyl (C=O) groups is 1. The highest BCUT2D eigenvalue weighted by atomic mass is 35.5. The van der Waals surface area contributed by atoms with Gasteiger partial charge in [0.2, 0.25) is 5.91 Å². The first-order valence-electron chi connectivity index (χ1n) is 7.41. The number of hydrogen-bond acceptors (Lipinski definition) is 3. The van der Waals surface area contributed by atoms with Crippen LogP contribution >= 0.6 is 11.6 Å². The Morgan fingerprint density at radius 1 is 1.27 bits per heavy atom. The van der Waals surface area contributed by atoms with Crippen LogP contribution in [0.25, 0.3) is 0 Å². The largest absolute Gasteiger partial charge is 0.383 e. The number of amides is 1. The van der Waals surface area contributed by atoms with Crippen molar-refractivity contribution in [3.63, 3.8) is 0 Å². The Bertz CT molecular complexity index is 614. The molecule has 22 heavy (non-hydrogen) atoms. The van der Waals surface area contributed by atoms with E-state index in [1.54, 1.807) is 12.3 Å². The maximum absolute atomic E-state index is 11.5. The summed E-state index contributed by atoms with van der Waals surface area (Å²) in [6, 6.07) is 11.6. The van der Waals surface area contributed by atoms with Crippen molar-refractivity contribution in [3.05, 3.63) is 53.2 Å². The third-order valence-corrected chi connectivity index (χ3v) is 3.37. The summed E-state index contributed by atoms with van der Waals surface area (Å²) in [5, 5.41) is 6.82. The molecule has 1 amide bonds. The van der Waals surface area contributed by atoms with E-state index >= 15 is 0 Å². The van der Waals surface area contributed by atoms with Gasteiger partial charge in [-0.25, -0.2) is 4.98 Å². The molecule has 1 heterocycles. The Labute approximate surface area is 135 Å². The van der Waals surface area contributed by atoms with E-state index in [0.29, 0.717) is 12.2 Å². The van der Waals surface area contributed by atoms with Crippen LogP contribution in [-0.2, 0) is 11.2 Å². The van der Waals surface area contributed by atoms with Crippen LogP contribution in [-0.4, -0.2) is 17.4 Å². The molecule has 2 aromatic rings. The molecule has 2 rings (SSSR count). The SMILES string of the molecule is CCCC(=O)Nc1ccc(NCCc2cccc(Cl)c2)cn1. The first-order valence-corrected chi connectivity index (χ1v) is 7.79. The Morgan fingerprint density at radius 2 is 2.14 bits per heavy atom. The van der Waals surface area contributed by atoms with Crippen LogP contribution in [0.5, 0.6) is 0 Å². The molecule has 0 aliphatic carbocycles. The molecule has 0 unspecified atom stereocenters. The van der Waals surface area contributed by atoms with Crippen LogP contribution in [0.4, 0.5) is 11.5 Å². The molecule has 0 atom stereocenters. The summed E-state index contributed by atoms with van der Waals surface area (Å²) < 4.78 is 0. The van der Waals surface area contributed by atoms with Gasteiger partial charge in [0.15, 0.2) is 0 Å². The molecule has 4 nitrogen and oxygen atoms in total. The summed E-state index contributed by atoms with van der Waals surface area (Å²) in [5.41, 5.74) is 2.12. The quantitative estimate of drug-likeness (QED) is 0.807. The van der Waals surface area contributed by atoms with Crippen molar-refractivity contribution in [2.75, 3.05) is 17.2 Å². The van der Waals surface area contributed by atoms with E-state index in [2.05, 4.69) is 21.7 Å². The van der Waals surface area contributed by atoms with Gasteiger partial charge in [-0.3, -0.25) is 4.79 Å². The maximum atomic E-state index is 11.5. The Kier molecular flexibility index (Phi) is 6.22. The average molecular weight is 318 g/mol. The summed E-state index contributed by atoms with van der Waals surface area (Å²) in [7, 11) is 0. The molecular weight excluding hydrogens is 298 g/mol. The lowest BCUT2D eigenvalue weighted by molar-refractivity contribution is -0.116. The molecule has 2 N–H and O–H groups in total. The zero-order valence-electron chi connectivity index (χ0n) is 12.6. The molecule has 0 aliphatic rings. The van der Waals surface area contributed by atoms with Crippen molar-refractivity contribution in [1.82, 2.24) is 4.98 Å². The minimum Gasteiger partial charge on any atom is -0.383 e. The smallest absolute Gasteiger partial charge is 0.225 e. The van der Waals surface area contributed by atoms with Gasteiger partial charge in [-0.05, 0) is 42.7 Å². The highest BCUT2D eigenvalue weighted by Gasteiger charge is 2.02. The van der Waals surface area contributed by atoms with Crippen molar-refractivity contribution in [1.29, 1.82) is 0 Å². The summed E-state index contributed by atoms with van der Waals surface area (Å²) >= 11 is 5.96. The molecule has 1 aromatic heterocycles. The number of benzene rings is 1. The number of nitrogens with zero attached hydrogens (tertiary/aromatic N) is 1. The molecular formula is C17H20ClN3O. The standard InChI is InChI=1S/C17H20ClN3O/c1-2-4-17(22)21-16-8-7-15(12-20-16)19-10-9-13-5-3-6-14(18)11-13/h3,5-8,11-12,19H,2,4,9-10H2,1H3,(H,20,21,22). The van der Waals surface area contributed by atoms with Gasteiger partial charge in [-0.2, -0.15) is 0 Å². The Morgan fingerprint density at radius 3 is 2.82 bits per heavy atom. The van der Waals surface area contributed by atoms with Gasteiger partial charge in [0.05, 0.1) is 11.9 Å². The predicted molar refractivity (Wildman–Crippen MR) is 91.4 cm³/mol. The third-order valence-electron chi connectivity index (χ3n) is 3.14. The highest BCUT2D eigenvalue weighted by Crippen LogP contribution is 2.13.